The van der Waals surface area contributed by atoms with Crippen LogP contribution in [0.5, 0.6) is 0 Å². The van der Waals surface area contributed by atoms with Crippen LogP contribution in [0.4, 0.5) is 10.1 Å². The second-order valence-corrected chi connectivity index (χ2v) is 9.11. The van der Waals surface area contributed by atoms with Gasteiger partial charge in [-0.15, -0.1) is 0 Å². The molecule has 31 heavy (non-hydrogen) atoms. The molecule has 1 N–H and O–H groups in total. The average Bonchev–Trinajstić information content (AvgIpc) is 2.76. The minimum absolute atomic E-state index is 0.0787. The molecule has 0 aliphatic heterocycles. The van der Waals surface area contributed by atoms with E-state index < -0.39 is 21.7 Å². The van der Waals surface area contributed by atoms with Gasteiger partial charge in [-0.3, -0.25) is 9.10 Å². The summed E-state index contributed by atoms with van der Waals surface area (Å²) in [6.07, 6.45) is 1.56. The van der Waals surface area contributed by atoms with E-state index >= 15 is 0 Å². The number of para-hydroxylation sites is 1. The first-order valence-electron chi connectivity index (χ1n) is 10.0. The van der Waals surface area contributed by atoms with Crippen molar-refractivity contribution in [2.45, 2.75) is 24.7 Å². The van der Waals surface area contributed by atoms with Crippen molar-refractivity contribution in [2.24, 2.45) is 0 Å². The van der Waals surface area contributed by atoms with Crippen LogP contribution in [0.25, 0.3) is 0 Å². The number of carbonyl (C=O) groups excluding carboxylic acids is 1. The Balaban J connectivity index is 1.67. The zero-order valence-corrected chi connectivity index (χ0v) is 18.1. The number of carbonyl (C=O) groups is 1. The lowest BCUT2D eigenvalue weighted by atomic mass is 10.1. The zero-order chi connectivity index (χ0) is 22.3. The Morgan fingerprint density at radius 1 is 0.968 bits per heavy atom. The van der Waals surface area contributed by atoms with Crippen LogP contribution in [0.3, 0.4) is 0 Å². The van der Waals surface area contributed by atoms with Gasteiger partial charge in [0.15, 0.2) is 0 Å². The maximum atomic E-state index is 13.3. The zero-order valence-electron chi connectivity index (χ0n) is 17.3. The monoisotopic (exact) mass is 440 g/mol. The maximum Gasteiger partial charge on any atom is 0.264 e. The van der Waals surface area contributed by atoms with E-state index in [4.69, 9.17) is 0 Å². The summed E-state index contributed by atoms with van der Waals surface area (Å²) in [6, 6.07) is 21.1. The minimum atomic E-state index is -4.04. The number of hydrogen-bond acceptors (Lipinski definition) is 3. The summed E-state index contributed by atoms with van der Waals surface area (Å²) in [5.74, 6) is -0.935. The van der Waals surface area contributed by atoms with E-state index in [1.807, 2.05) is 25.1 Å². The van der Waals surface area contributed by atoms with E-state index in [9.17, 15) is 17.6 Å². The van der Waals surface area contributed by atoms with E-state index in [-0.39, 0.29) is 11.4 Å². The van der Waals surface area contributed by atoms with E-state index in [1.165, 1.54) is 23.3 Å². The number of aryl methyl sites for hydroxylation is 2. The van der Waals surface area contributed by atoms with Crippen LogP contribution >= 0.6 is 0 Å². The molecule has 1 amide bonds. The molecule has 3 rings (SSSR count). The number of rotatable bonds is 9. The summed E-state index contributed by atoms with van der Waals surface area (Å²) in [7, 11) is -4.04. The van der Waals surface area contributed by atoms with Gasteiger partial charge in [0, 0.05) is 6.54 Å². The highest BCUT2D eigenvalue weighted by atomic mass is 32.2. The Morgan fingerprint density at radius 2 is 1.68 bits per heavy atom. The first-order chi connectivity index (χ1) is 14.9. The molecule has 0 saturated carbocycles. The molecule has 3 aromatic carbocycles. The molecule has 5 nitrogen and oxygen atoms in total. The molecule has 0 saturated heterocycles. The molecule has 0 fully saturated rings. The van der Waals surface area contributed by atoms with Gasteiger partial charge < -0.3 is 5.32 Å². The Hall–Kier alpha value is -3.19. The molecule has 0 heterocycles. The van der Waals surface area contributed by atoms with Crippen LogP contribution in [-0.2, 0) is 21.2 Å². The summed E-state index contributed by atoms with van der Waals surface area (Å²) in [5, 5.41) is 2.80. The lowest BCUT2D eigenvalue weighted by Crippen LogP contribution is -2.41. The van der Waals surface area contributed by atoms with Gasteiger partial charge in [0.25, 0.3) is 10.0 Å². The second kappa shape index (κ2) is 10.2. The SMILES string of the molecule is Cc1cccc(CCCNC(=O)CN(c2ccccc2)S(=O)(=O)c2ccc(F)cc2)c1. The van der Waals surface area contributed by atoms with Gasteiger partial charge in [-0.05, 0) is 61.7 Å². The number of nitrogens with zero attached hydrogens (tertiary/aromatic N) is 1. The van der Waals surface area contributed by atoms with Crippen LogP contribution in [0.1, 0.15) is 17.5 Å². The highest BCUT2D eigenvalue weighted by Crippen LogP contribution is 2.23. The number of nitrogens with one attached hydrogen (secondary N) is 1. The fourth-order valence-corrected chi connectivity index (χ4v) is 4.64. The first kappa shape index (κ1) is 22.5. The van der Waals surface area contributed by atoms with Gasteiger partial charge in [-0.1, -0.05) is 48.0 Å². The van der Waals surface area contributed by atoms with Crippen molar-refractivity contribution >= 4 is 21.6 Å². The number of sulfonamides is 1. The lowest BCUT2D eigenvalue weighted by molar-refractivity contribution is -0.119. The second-order valence-electron chi connectivity index (χ2n) is 7.24. The predicted molar refractivity (Wildman–Crippen MR) is 120 cm³/mol. The van der Waals surface area contributed by atoms with Crippen LogP contribution in [0.15, 0.2) is 83.8 Å². The third kappa shape index (κ3) is 6.15. The van der Waals surface area contributed by atoms with Gasteiger partial charge in [-0.2, -0.15) is 0 Å². The van der Waals surface area contributed by atoms with Crippen LogP contribution < -0.4 is 9.62 Å². The van der Waals surface area contributed by atoms with Crippen LogP contribution in [0, 0.1) is 12.7 Å². The Morgan fingerprint density at radius 3 is 2.35 bits per heavy atom. The molecule has 0 atom stereocenters. The fraction of sp³-hybridized carbons (Fsp3) is 0.208. The Bertz CT molecular complexity index is 1120. The Kier molecular flexibility index (Phi) is 7.41. The van der Waals surface area contributed by atoms with Crippen molar-refractivity contribution in [3.63, 3.8) is 0 Å². The van der Waals surface area contributed by atoms with Gasteiger partial charge in [0.1, 0.15) is 12.4 Å². The van der Waals surface area contributed by atoms with Crippen molar-refractivity contribution in [2.75, 3.05) is 17.4 Å². The molecule has 0 aromatic heterocycles. The standard InChI is InChI=1S/C24H25FN2O3S/c1-19-7-5-8-20(17-19)9-6-16-26-24(28)18-27(22-10-3-2-4-11-22)31(29,30)23-14-12-21(25)13-15-23/h2-5,7-8,10-15,17H,6,9,16,18H2,1H3,(H,26,28). The lowest BCUT2D eigenvalue weighted by Gasteiger charge is -2.24. The largest absolute Gasteiger partial charge is 0.355 e. The van der Waals surface area contributed by atoms with Crippen molar-refractivity contribution in [3.05, 3.63) is 95.8 Å². The van der Waals surface area contributed by atoms with Crippen LogP contribution in [-0.4, -0.2) is 27.4 Å². The molecule has 0 radical (unpaired) electrons. The third-order valence-corrected chi connectivity index (χ3v) is 6.57. The molecular weight excluding hydrogens is 415 g/mol. The smallest absolute Gasteiger partial charge is 0.264 e. The van der Waals surface area contributed by atoms with Crippen molar-refractivity contribution < 1.29 is 17.6 Å². The number of hydrogen-bond donors (Lipinski definition) is 1. The predicted octanol–water partition coefficient (Wildman–Crippen LogP) is 4.08. The highest BCUT2D eigenvalue weighted by molar-refractivity contribution is 7.92. The minimum Gasteiger partial charge on any atom is -0.355 e. The molecule has 0 bridgehead atoms. The fourth-order valence-electron chi connectivity index (χ4n) is 3.22. The molecule has 0 aliphatic rings. The molecule has 7 heteroatoms. The van der Waals surface area contributed by atoms with E-state index in [0.717, 1.165) is 29.3 Å². The molecule has 0 unspecified atom stereocenters. The van der Waals surface area contributed by atoms with Gasteiger partial charge in [0.2, 0.25) is 5.91 Å². The summed E-state index contributed by atoms with van der Waals surface area (Å²) in [4.78, 5) is 12.5. The Labute approximate surface area is 182 Å². The van der Waals surface area contributed by atoms with E-state index in [0.29, 0.717) is 12.2 Å². The van der Waals surface area contributed by atoms with Crippen molar-refractivity contribution in [1.82, 2.24) is 5.32 Å². The molecule has 3 aromatic rings. The number of anilines is 1. The van der Waals surface area contributed by atoms with E-state index in [1.54, 1.807) is 30.3 Å². The van der Waals surface area contributed by atoms with Gasteiger partial charge in [0.05, 0.1) is 10.6 Å². The van der Waals surface area contributed by atoms with Gasteiger partial charge in [-0.25, -0.2) is 12.8 Å². The summed E-state index contributed by atoms with van der Waals surface area (Å²) >= 11 is 0. The normalized spacial score (nSPS) is 11.2. The highest BCUT2D eigenvalue weighted by Gasteiger charge is 2.27. The quantitative estimate of drug-likeness (QED) is 0.510. The van der Waals surface area contributed by atoms with E-state index in [2.05, 4.69) is 11.4 Å². The molecule has 162 valence electrons. The number of amides is 1. The molecule has 0 spiro atoms. The third-order valence-electron chi connectivity index (χ3n) is 4.78. The first-order valence-corrected chi connectivity index (χ1v) is 11.5. The average molecular weight is 441 g/mol. The summed E-state index contributed by atoms with van der Waals surface area (Å²) in [6.45, 7) is 2.10. The maximum absolute atomic E-state index is 13.3. The topological polar surface area (TPSA) is 66.5 Å². The van der Waals surface area contributed by atoms with Crippen molar-refractivity contribution in [3.8, 4) is 0 Å². The van der Waals surface area contributed by atoms with Crippen LogP contribution in [0.2, 0.25) is 0 Å². The van der Waals surface area contributed by atoms with Crippen molar-refractivity contribution in [1.29, 1.82) is 0 Å². The summed E-state index contributed by atoms with van der Waals surface area (Å²) < 4.78 is 40.6. The summed E-state index contributed by atoms with van der Waals surface area (Å²) in [5.41, 5.74) is 2.74. The molecule has 0 aliphatic carbocycles. The van der Waals surface area contributed by atoms with Gasteiger partial charge >= 0.3 is 0 Å². The number of benzene rings is 3. The molecular formula is C24H25FN2O3S. The number of halogens is 1.